The molecule has 0 aromatic heterocycles. The highest BCUT2D eigenvalue weighted by Gasteiger charge is 2.36. The second-order valence-corrected chi connectivity index (χ2v) is 9.00. The van der Waals surface area contributed by atoms with Gasteiger partial charge in [0.05, 0.1) is 6.54 Å². The first-order valence-corrected chi connectivity index (χ1v) is 11.2. The lowest BCUT2D eigenvalue weighted by Crippen LogP contribution is -2.44. The third kappa shape index (κ3) is 6.86. The minimum Gasteiger partial charge on any atom is -0.347 e. The van der Waals surface area contributed by atoms with E-state index in [1.165, 1.54) is 11.0 Å². The number of unbranched alkanes of at least 4 members (excludes halogenated alkanes) is 1. The molecule has 31 heavy (non-hydrogen) atoms. The number of likely N-dealkylation sites (N-methyl/N-ethyl adjacent to an activating group) is 1. The van der Waals surface area contributed by atoms with Crippen LogP contribution in [0.4, 0.5) is 4.39 Å². The van der Waals surface area contributed by atoms with Crippen LogP contribution in [0.5, 0.6) is 0 Å². The quantitative estimate of drug-likeness (QED) is 0.618. The summed E-state index contributed by atoms with van der Waals surface area (Å²) in [5, 5.41) is 2.75. The second-order valence-electron chi connectivity index (χ2n) is 9.00. The lowest BCUT2D eigenvalue weighted by atomic mass is 9.93. The van der Waals surface area contributed by atoms with E-state index in [1.54, 1.807) is 20.2 Å². The van der Waals surface area contributed by atoms with Crippen molar-refractivity contribution >= 4 is 17.5 Å². The zero-order chi connectivity index (χ0) is 23.1. The molecule has 2 amide bonds. The summed E-state index contributed by atoms with van der Waals surface area (Å²) < 4.78 is 14.2. The number of hydrogen-bond acceptors (Lipinski definition) is 4. The molecule has 0 fully saturated rings. The van der Waals surface area contributed by atoms with Crippen LogP contribution in [0, 0.1) is 11.7 Å². The van der Waals surface area contributed by atoms with Gasteiger partial charge in [-0.05, 0) is 55.6 Å². The summed E-state index contributed by atoms with van der Waals surface area (Å²) in [6.45, 7) is 7.74. The molecule has 0 spiro atoms. The Bertz CT molecular complexity index is 807. The zero-order valence-electron chi connectivity index (χ0n) is 19.7. The Labute approximate surface area is 185 Å². The minimum absolute atomic E-state index is 0.0128. The largest absolute Gasteiger partial charge is 0.347 e. The Balaban J connectivity index is 2.23. The number of aliphatic imine (C=N–C) groups is 1. The highest BCUT2D eigenvalue weighted by atomic mass is 19.1. The van der Waals surface area contributed by atoms with E-state index in [0.29, 0.717) is 12.0 Å². The highest BCUT2D eigenvalue weighted by Crippen LogP contribution is 2.28. The number of benzene rings is 1. The summed E-state index contributed by atoms with van der Waals surface area (Å²) in [7, 11) is 5.38. The Kier molecular flexibility index (Phi) is 9.16. The zero-order valence-corrected chi connectivity index (χ0v) is 19.7. The van der Waals surface area contributed by atoms with Gasteiger partial charge >= 0.3 is 0 Å². The van der Waals surface area contributed by atoms with Crippen molar-refractivity contribution in [3.05, 3.63) is 35.1 Å². The van der Waals surface area contributed by atoms with Crippen LogP contribution in [0.2, 0.25) is 0 Å². The average Bonchev–Trinajstić information content (AvgIpc) is 3.13. The molecule has 0 saturated heterocycles. The number of rotatable bonds is 10. The van der Waals surface area contributed by atoms with E-state index in [4.69, 9.17) is 4.99 Å². The lowest BCUT2D eigenvalue weighted by Gasteiger charge is -2.24. The Morgan fingerprint density at radius 2 is 1.97 bits per heavy atom. The van der Waals surface area contributed by atoms with E-state index in [-0.39, 0.29) is 36.0 Å². The third-order valence-electron chi connectivity index (χ3n) is 5.77. The molecule has 1 heterocycles. The Hall–Kier alpha value is -2.28. The molecule has 6 nitrogen and oxygen atoms in total. The van der Waals surface area contributed by atoms with Crippen molar-refractivity contribution < 1.29 is 14.0 Å². The molecule has 2 unspecified atom stereocenters. The molecule has 1 aromatic carbocycles. The molecule has 1 N–H and O–H groups in total. The van der Waals surface area contributed by atoms with Gasteiger partial charge < -0.3 is 15.1 Å². The Morgan fingerprint density at radius 3 is 2.58 bits per heavy atom. The van der Waals surface area contributed by atoms with Gasteiger partial charge in [-0.15, -0.1) is 0 Å². The van der Waals surface area contributed by atoms with Crippen LogP contribution in [0.25, 0.3) is 0 Å². The number of amides is 2. The Morgan fingerprint density at radius 1 is 1.26 bits per heavy atom. The predicted octanol–water partition coefficient (Wildman–Crippen LogP) is 3.06. The fourth-order valence-corrected chi connectivity index (χ4v) is 3.83. The standard InChI is InChI=1S/C24H37FN4O2/c1-7-8-11-29(6)15-18-13-21(17-9-10-20(25)19(12-17)16(2)3)27-23(18)24(31)26-14-22(30)28(4)5/h9-10,12,16,18,23H,7-8,11,13-15H2,1-6H3,(H,26,31). The van der Waals surface area contributed by atoms with Crippen molar-refractivity contribution in [3.63, 3.8) is 0 Å². The van der Waals surface area contributed by atoms with Crippen LogP contribution in [-0.2, 0) is 9.59 Å². The summed E-state index contributed by atoms with van der Waals surface area (Å²) in [6, 6.07) is 4.53. The van der Waals surface area contributed by atoms with Gasteiger partial charge in [0.15, 0.2) is 0 Å². The fourth-order valence-electron chi connectivity index (χ4n) is 3.83. The molecular formula is C24H37FN4O2. The first-order valence-electron chi connectivity index (χ1n) is 11.2. The molecule has 1 aromatic rings. The normalized spacial score (nSPS) is 18.4. The van der Waals surface area contributed by atoms with Crippen LogP contribution < -0.4 is 5.32 Å². The number of halogens is 1. The molecule has 1 aliphatic heterocycles. The van der Waals surface area contributed by atoms with Crippen LogP contribution in [0.1, 0.15) is 57.1 Å². The highest BCUT2D eigenvalue weighted by molar-refractivity contribution is 6.05. The third-order valence-corrected chi connectivity index (χ3v) is 5.77. The van der Waals surface area contributed by atoms with Crippen molar-refractivity contribution in [2.75, 3.05) is 40.8 Å². The average molecular weight is 433 g/mol. The predicted molar refractivity (Wildman–Crippen MR) is 123 cm³/mol. The van der Waals surface area contributed by atoms with Gasteiger partial charge in [0, 0.05) is 32.3 Å². The monoisotopic (exact) mass is 432 g/mol. The van der Waals surface area contributed by atoms with Crippen molar-refractivity contribution in [1.29, 1.82) is 0 Å². The summed E-state index contributed by atoms with van der Waals surface area (Å²) in [6.07, 6.45) is 2.86. The van der Waals surface area contributed by atoms with Crippen LogP contribution in [0.15, 0.2) is 23.2 Å². The van der Waals surface area contributed by atoms with E-state index in [2.05, 4.69) is 24.2 Å². The summed E-state index contributed by atoms with van der Waals surface area (Å²) in [4.78, 5) is 33.3. The van der Waals surface area contributed by atoms with Crippen molar-refractivity contribution in [2.45, 2.75) is 52.0 Å². The maximum atomic E-state index is 14.2. The maximum absolute atomic E-state index is 14.2. The van der Waals surface area contributed by atoms with E-state index in [9.17, 15) is 14.0 Å². The van der Waals surface area contributed by atoms with Gasteiger partial charge in [-0.3, -0.25) is 14.6 Å². The van der Waals surface area contributed by atoms with Crippen LogP contribution in [-0.4, -0.2) is 74.1 Å². The topological polar surface area (TPSA) is 65.0 Å². The van der Waals surface area contributed by atoms with Crippen LogP contribution >= 0.6 is 0 Å². The molecule has 0 radical (unpaired) electrons. The molecule has 0 saturated carbocycles. The van der Waals surface area contributed by atoms with Crippen LogP contribution in [0.3, 0.4) is 0 Å². The van der Waals surface area contributed by atoms with Gasteiger partial charge in [-0.25, -0.2) is 4.39 Å². The second kappa shape index (κ2) is 11.4. The van der Waals surface area contributed by atoms with Gasteiger partial charge in [-0.1, -0.05) is 33.3 Å². The first kappa shape index (κ1) is 25.0. The first-order chi connectivity index (χ1) is 14.6. The summed E-state index contributed by atoms with van der Waals surface area (Å²) in [5.41, 5.74) is 2.35. The van der Waals surface area contributed by atoms with Gasteiger partial charge in [0.25, 0.3) is 0 Å². The maximum Gasteiger partial charge on any atom is 0.245 e. The number of carbonyl (C=O) groups excluding carboxylic acids is 2. The molecule has 0 bridgehead atoms. The van der Waals surface area contributed by atoms with Crippen molar-refractivity contribution in [1.82, 2.24) is 15.1 Å². The summed E-state index contributed by atoms with van der Waals surface area (Å²) >= 11 is 0. The number of hydrogen-bond donors (Lipinski definition) is 1. The molecule has 2 rings (SSSR count). The SMILES string of the molecule is CCCCN(C)CC1CC(c2ccc(F)c(C(C)C)c2)=NC1C(=O)NCC(=O)N(C)C. The fraction of sp³-hybridized carbons (Fsp3) is 0.625. The molecule has 172 valence electrons. The molecule has 1 aliphatic rings. The number of carbonyl (C=O) groups is 2. The van der Waals surface area contributed by atoms with E-state index in [0.717, 1.165) is 37.2 Å². The van der Waals surface area contributed by atoms with Gasteiger partial charge in [0.2, 0.25) is 11.8 Å². The number of nitrogens with one attached hydrogen (secondary N) is 1. The molecule has 2 atom stereocenters. The van der Waals surface area contributed by atoms with E-state index >= 15 is 0 Å². The molecule has 7 heteroatoms. The molecular weight excluding hydrogens is 395 g/mol. The molecule has 0 aliphatic carbocycles. The minimum atomic E-state index is -0.554. The van der Waals surface area contributed by atoms with E-state index < -0.39 is 6.04 Å². The van der Waals surface area contributed by atoms with Crippen molar-refractivity contribution in [3.8, 4) is 0 Å². The smallest absolute Gasteiger partial charge is 0.245 e. The van der Waals surface area contributed by atoms with E-state index in [1.807, 2.05) is 19.9 Å². The summed E-state index contributed by atoms with van der Waals surface area (Å²) in [5.74, 6) is -0.532. The van der Waals surface area contributed by atoms with Gasteiger partial charge in [-0.2, -0.15) is 0 Å². The lowest BCUT2D eigenvalue weighted by molar-refractivity contribution is -0.131. The number of nitrogens with zero attached hydrogens (tertiary/aromatic N) is 3. The van der Waals surface area contributed by atoms with Crippen molar-refractivity contribution in [2.24, 2.45) is 10.9 Å². The van der Waals surface area contributed by atoms with Gasteiger partial charge in [0.1, 0.15) is 11.9 Å².